The maximum Gasteiger partial charge on any atom is 0.129 e. The van der Waals surface area contributed by atoms with Gasteiger partial charge >= 0.3 is 0 Å². The van der Waals surface area contributed by atoms with Crippen LogP contribution in [0.1, 0.15) is 5.56 Å². The average molecular weight is 221 g/mol. The Balaban J connectivity index is 2.56. The first kappa shape index (κ1) is 10.1. The first-order valence-corrected chi connectivity index (χ1v) is 4.86. The van der Waals surface area contributed by atoms with Crippen LogP contribution in [-0.4, -0.2) is 15.1 Å². The number of aliphatic hydroxyl groups excluding tert-OH is 1. The van der Waals surface area contributed by atoms with Crippen molar-refractivity contribution in [2.75, 3.05) is 0 Å². The molecule has 0 amide bonds. The molecule has 0 aromatic carbocycles. The van der Waals surface area contributed by atoms with Gasteiger partial charge in [-0.15, -0.1) is 0 Å². The lowest BCUT2D eigenvalue weighted by molar-refractivity contribution is 0.282. The zero-order valence-electron chi connectivity index (χ0n) is 7.89. The molecule has 0 unspecified atom stereocenters. The van der Waals surface area contributed by atoms with Gasteiger partial charge < -0.3 is 5.11 Å². The molecule has 2 rings (SSSR count). The van der Waals surface area contributed by atoms with Crippen molar-refractivity contribution in [2.45, 2.75) is 6.61 Å². The Bertz CT molecular complexity index is 459. The summed E-state index contributed by atoms with van der Waals surface area (Å²) in [7, 11) is 0. The SMILES string of the molecule is OCc1ccc(Cl)nc1-c1ccncc1. The number of hydrogen-bond acceptors (Lipinski definition) is 3. The van der Waals surface area contributed by atoms with E-state index < -0.39 is 0 Å². The summed E-state index contributed by atoms with van der Waals surface area (Å²) in [6, 6.07) is 7.10. The summed E-state index contributed by atoms with van der Waals surface area (Å²) >= 11 is 5.82. The molecular weight excluding hydrogens is 212 g/mol. The third-order valence-corrected chi connectivity index (χ3v) is 2.28. The number of rotatable bonds is 2. The van der Waals surface area contributed by atoms with Crippen LogP contribution in [-0.2, 0) is 6.61 Å². The molecule has 0 bridgehead atoms. The molecule has 0 fully saturated rings. The largest absolute Gasteiger partial charge is 0.392 e. The van der Waals surface area contributed by atoms with E-state index in [1.54, 1.807) is 24.5 Å². The Morgan fingerprint density at radius 2 is 1.87 bits per heavy atom. The maximum atomic E-state index is 9.17. The van der Waals surface area contributed by atoms with Gasteiger partial charge in [0.05, 0.1) is 12.3 Å². The fourth-order valence-corrected chi connectivity index (χ4v) is 1.50. The summed E-state index contributed by atoms with van der Waals surface area (Å²) in [4.78, 5) is 8.12. The third-order valence-electron chi connectivity index (χ3n) is 2.07. The second kappa shape index (κ2) is 4.38. The van der Waals surface area contributed by atoms with Crippen molar-refractivity contribution in [1.29, 1.82) is 0 Å². The Morgan fingerprint density at radius 3 is 2.53 bits per heavy atom. The van der Waals surface area contributed by atoms with E-state index in [9.17, 15) is 5.11 Å². The predicted octanol–water partition coefficient (Wildman–Crippen LogP) is 2.29. The van der Waals surface area contributed by atoms with E-state index in [0.717, 1.165) is 11.1 Å². The van der Waals surface area contributed by atoms with Crippen molar-refractivity contribution >= 4 is 11.6 Å². The van der Waals surface area contributed by atoms with E-state index >= 15 is 0 Å². The lowest BCUT2D eigenvalue weighted by Gasteiger charge is -2.06. The fourth-order valence-electron chi connectivity index (χ4n) is 1.35. The quantitative estimate of drug-likeness (QED) is 0.790. The molecule has 2 heterocycles. The topological polar surface area (TPSA) is 46.0 Å². The summed E-state index contributed by atoms with van der Waals surface area (Å²) in [5.74, 6) is 0. The molecule has 0 saturated carbocycles. The van der Waals surface area contributed by atoms with E-state index in [2.05, 4.69) is 9.97 Å². The van der Waals surface area contributed by atoms with Gasteiger partial charge in [0.1, 0.15) is 5.15 Å². The summed E-state index contributed by atoms with van der Waals surface area (Å²) in [6.45, 7) is -0.0537. The molecule has 0 aliphatic carbocycles. The number of aromatic nitrogens is 2. The van der Waals surface area contributed by atoms with Crippen LogP contribution in [0.4, 0.5) is 0 Å². The lowest BCUT2D eigenvalue weighted by Crippen LogP contribution is -1.93. The molecule has 3 nitrogen and oxygen atoms in total. The highest BCUT2D eigenvalue weighted by Gasteiger charge is 2.06. The highest BCUT2D eigenvalue weighted by atomic mass is 35.5. The van der Waals surface area contributed by atoms with Gasteiger partial charge in [0.15, 0.2) is 0 Å². The third kappa shape index (κ3) is 2.14. The highest BCUT2D eigenvalue weighted by Crippen LogP contribution is 2.22. The van der Waals surface area contributed by atoms with E-state index in [-0.39, 0.29) is 6.61 Å². The van der Waals surface area contributed by atoms with Crippen molar-refractivity contribution in [3.05, 3.63) is 47.4 Å². The zero-order valence-corrected chi connectivity index (χ0v) is 8.65. The van der Waals surface area contributed by atoms with Crippen LogP contribution in [0.3, 0.4) is 0 Å². The second-order valence-corrected chi connectivity index (χ2v) is 3.42. The summed E-state index contributed by atoms with van der Waals surface area (Å²) in [6.07, 6.45) is 3.36. The summed E-state index contributed by atoms with van der Waals surface area (Å²) in [5.41, 5.74) is 2.36. The van der Waals surface area contributed by atoms with E-state index in [1.165, 1.54) is 0 Å². The average Bonchev–Trinajstić information content (AvgIpc) is 2.30. The monoisotopic (exact) mass is 220 g/mol. The number of pyridine rings is 2. The van der Waals surface area contributed by atoms with Gasteiger partial charge in [-0.05, 0) is 18.2 Å². The van der Waals surface area contributed by atoms with Gasteiger partial charge in [-0.1, -0.05) is 17.7 Å². The molecule has 0 aliphatic rings. The molecule has 0 radical (unpaired) electrons. The van der Waals surface area contributed by atoms with E-state index in [0.29, 0.717) is 10.8 Å². The minimum Gasteiger partial charge on any atom is -0.392 e. The summed E-state index contributed by atoms with van der Waals surface area (Å²) in [5, 5.41) is 9.59. The molecule has 0 spiro atoms. The van der Waals surface area contributed by atoms with E-state index in [4.69, 9.17) is 11.6 Å². The Hall–Kier alpha value is -1.45. The van der Waals surface area contributed by atoms with Crippen molar-refractivity contribution in [3.8, 4) is 11.3 Å². The van der Waals surface area contributed by atoms with Gasteiger partial charge in [-0.2, -0.15) is 0 Å². The van der Waals surface area contributed by atoms with Gasteiger partial charge in [0.2, 0.25) is 0 Å². The van der Waals surface area contributed by atoms with Crippen LogP contribution >= 0.6 is 11.6 Å². The minimum atomic E-state index is -0.0537. The Morgan fingerprint density at radius 1 is 1.13 bits per heavy atom. The Labute approximate surface area is 92.4 Å². The lowest BCUT2D eigenvalue weighted by atomic mass is 10.1. The van der Waals surface area contributed by atoms with Crippen LogP contribution in [0, 0.1) is 0 Å². The van der Waals surface area contributed by atoms with Crippen LogP contribution in [0.15, 0.2) is 36.7 Å². The predicted molar refractivity (Wildman–Crippen MR) is 58.4 cm³/mol. The van der Waals surface area contributed by atoms with Crippen LogP contribution in [0.2, 0.25) is 5.15 Å². The first-order valence-electron chi connectivity index (χ1n) is 4.48. The molecule has 15 heavy (non-hydrogen) atoms. The fraction of sp³-hybridized carbons (Fsp3) is 0.0909. The van der Waals surface area contributed by atoms with Crippen LogP contribution < -0.4 is 0 Å². The normalized spacial score (nSPS) is 10.3. The smallest absolute Gasteiger partial charge is 0.129 e. The van der Waals surface area contributed by atoms with Crippen molar-refractivity contribution in [1.82, 2.24) is 9.97 Å². The van der Waals surface area contributed by atoms with Crippen LogP contribution in [0.5, 0.6) is 0 Å². The molecule has 0 saturated heterocycles. The number of nitrogens with zero attached hydrogens (tertiary/aromatic N) is 2. The van der Waals surface area contributed by atoms with Gasteiger partial charge in [0, 0.05) is 23.5 Å². The number of hydrogen-bond donors (Lipinski definition) is 1. The van der Waals surface area contributed by atoms with Crippen molar-refractivity contribution in [2.24, 2.45) is 0 Å². The molecular formula is C11H9ClN2O. The molecule has 4 heteroatoms. The van der Waals surface area contributed by atoms with Gasteiger partial charge in [-0.25, -0.2) is 4.98 Å². The Kier molecular flexibility index (Phi) is 2.94. The molecule has 76 valence electrons. The number of aliphatic hydroxyl groups is 1. The molecule has 2 aromatic rings. The molecule has 0 aliphatic heterocycles. The van der Waals surface area contributed by atoms with Crippen molar-refractivity contribution in [3.63, 3.8) is 0 Å². The maximum absolute atomic E-state index is 9.17. The second-order valence-electron chi connectivity index (χ2n) is 3.04. The van der Waals surface area contributed by atoms with Crippen LogP contribution in [0.25, 0.3) is 11.3 Å². The van der Waals surface area contributed by atoms with Gasteiger partial charge in [0.25, 0.3) is 0 Å². The van der Waals surface area contributed by atoms with Crippen molar-refractivity contribution < 1.29 is 5.11 Å². The van der Waals surface area contributed by atoms with E-state index in [1.807, 2.05) is 12.1 Å². The van der Waals surface area contributed by atoms with Gasteiger partial charge in [-0.3, -0.25) is 4.98 Å². The standard InChI is InChI=1S/C11H9ClN2O/c12-10-2-1-9(7-15)11(14-10)8-3-5-13-6-4-8/h1-6,15H,7H2. The number of halogens is 1. The zero-order chi connectivity index (χ0) is 10.7. The summed E-state index contributed by atoms with van der Waals surface area (Å²) < 4.78 is 0. The molecule has 0 atom stereocenters. The first-order chi connectivity index (χ1) is 7.31. The highest BCUT2D eigenvalue weighted by molar-refractivity contribution is 6.29. The minimum absolute atomic E-state index is 0.0537. The molecule has 2 aromatic heterocycles. The molecule has 1 N–H and O–H groups in total.